The van der Waals surface area contributed by atoms with Crippen LogP contribution in [0.1, 0.15) is 24.0 Å². The minimum atomic E-state index is 0.557. The van der Waals surface area contributed by atoms with E-state index in [1.165, 1.54) is 5.56 Å². The SMILES string of the molecule is CCNC(=NCc1nccn1Cc1ccccc1)N1CCN(Cc2ccon2)CC1. The number of aliphatic imine (C=N–C) groups is 1. The third kappa shape index (κ3) is 5.27. The number of aromatic nitrogens is 3. The molecule has 1 aromatic carbocycles. The van der Waals surface area contributed by atoms with E-state index in [9.17, 15) is 0 Å². The van der Waals surface area contributed by atoms with Crippen LogP contribution in [-0.2, 0) is 19.6 Å². The van der Waals surface area contributed by atoms with Crippen LogP contribution in [0, 0.1) is 0 Å². The van der Waals surface area contributed by atoms with Crippen molar-refractivity contribution in [3.05, 3.63) is 72.1 Å². The van der Waals surface area contributed by atoms with Gasteiger partial charge in [0, 0.05) is 64.3 Å². The van der Waals surface area contributed by atoms with E-state index in [2.05, 4.69) is 61.0 Å². The largest absolute Gasteiger partial charge is 0.364 e. The Bertz CT molecular complexity index is 912. The molecule has 3 heterocycles. The molecule has 3 aromatic rings. The van der Waals surface area contributed by atoms with E-state index in [0.717, 1.165) is 63.3 Å². The first-order valence-electron chi connectivity index (χ1n) is 10.5. The number of piperazine rings is 1. The molecule has 4 rings (SSSR count). The first-order valence-corrected chi connectivity index (χ1v) is 10.5. The minimum absolute atomic E-state index is 0.557. The maximum Gasteiger partial charge on any atom is 0.194 e. The van der Waals surface area contributed by atoms with Gasteiger partial charge in [-0.05, 0) is 12.5 Å². The van der Waals surface area contributed by atoms with Crippen molar-refractivity contribution in [3.8, 4) is 0 Å². The van der Waals surface area contributed by atoms with Gasteiger partial charge in [0.25, 0.3) is 0 Å². The molecule has 2 aromatic heterocycles. The molecule has 1 fully saturated rings. The molecule has 0 atom stereocenters. The maximum absolute atomic E-state index is 4.94. The van der Waals surface area contributed by atoms with E-state index >= 15 is 0 Å². The summed E-state index contributed by atoms with van der Waals surface area (Å²) in [6.45, 7) is 8.95. The number of rotatable bonds is 7. The minimum Gasteiger partial charge on any atom is -0.364 e. The van der Waals surface area contributed by atoms with Gasteiger partial charge in [-0.15, -0.1) is 0 Å². The van der Waals surface area contributed by atoms with Crippen molar-refractivity contribution in [1.29, 1.82) is 0 Å². The molecule has 1 aliphatic rings. The Labute approximate surface area is 177 Å². The highest BCUT2D eigenvalue weighted by Gasteiger charge is 2.20. The molecular formula is C22H29N7O. The lowest BCUT2D eigenvalue weighted by atomic mass is 10.2. The van der Waals surface area contributed by atoms with Gasteiger partial charge in [-0.25, -0.2) is 9.98 Å². The molecule has 1 aliphatic heterocycles. The zero-order valence-corrected chi connectivity index (χ0v) is 17.4. The predicted octanol–water partition coefficient (Wildman–Crippen LogP) is 2.20. The fraction of sp³-hybridized carbons (Fsp3) is 0.409. The molecule has 8 heteroatoms. The fourth-order valence-corrected chi connectivity index (χ4v) is 3.65. The Kier molecular flexibility index (Phi) is 6.76. The van der Waals surface area contributed by atoms with Gasteiger partial charge < -0.3 is 19.3 Å². The van der Waals surface area contributed by atoms with Gasteiger partial charge in [0.15, 0.2) is 5.96 Å². The second kappa shape index (κ2) is 10.1. The molecular weight excluding hydrogens is 378 g/mol. The maximum atomic E-state index is 4.94. The number of imidazole rings is 1. The highest BCUT2D eigenvalue weighted by Crippen LogP contribution is 2.09. The van der Waals surface area contributed by atoms with E-state index in [0.29, 0.717) is 6.54 Å². The average molecular weight is 408 g/mol. The van der Waals surface area contributed by atoms with Crippen molar-refractivity contribution in [2.45, 2.75) is 26.6 Å². The third-order valence-electron chi connectivity index (χ3n) is 5.25. The Morgan fingerprint density at radius 3 is 2.67 bits per heavy atom. The summed E-state index contributed by atoms with van der Waals surface area (Å²) >= 11 is 0. The highest BCUT2D eigenvalue weighted by atomic mass is 16.5. The van der Waals surface area contributed by atoms with Gasteiger partial charge in [-0.3, -0.25) is 4.90 Å². The number of nitrogens with one attached hydrogen (secondary N) is 1. The topological polar surface area (TPSA) is 74.7 Å². The Morgan fingerprint density at radius 1 is 1.10 bits per heavy atom. The van der Waals surface area contributed by atoms with Crippen LogP contribution in [0.3, 0.4) is 0 Å². The molecule has 0 amide bonds. The summed E-state index contributed by atoms with van der Waals surface area (Å²) in [5.41, 5.74) is 2.24. The fourth-order valence-electron chi connectivity index (χ4n) is 3.65. The van der Waals surface area contributed by atoms with Gasteiger partial charge in [-0.1, -0.05) is 35.5 Å². The second-order valence-corrected chi connectivity index (χ2v) is 7.38. The molecule has 1 saturated heterocycles. The Morgan fingerprint density at radius 2 is 1.93 bits per heavy atom. The summed E-state index contributed by atoms with van der Waals surface area (Å²) in [6.07, 6.45) is 5.50. The van der Waals surface area contributed by atoms with Crippen molar-refractivity contribution in [1.82, 2.24) is 29.8 Å². The van der Waals surface area contributed by atoms with Crippen LogP contribution in [0.4, 0.5) is 0 Å². The molecule has 1 N–H and O–H groups in total. The summed E-state index contributed by atoms with van der Waals surface area (Å²) in [7, 11) is 0. The molecule has 0 spiro atoms. The standard InChI is InChI=1S/C22H29N7O/c1-2-23-22(28-13-11-27(12-14-28)18-20-8-15-30-26-20)25-16-21-24-9-10-29(21)17-19-6-4-3-5-7-19/h3-10,15H,2,11-14,16-18H2,1H3,(H,23,25). The highest BCUT2D eigenvalue weighted by molar-refractivity contribution is 5.80. The predicted molar refractivity (Wildman–Crippen MR) is 116 cm³/mol. The van der Waals surface area contributed by atoms with Crippen molar-refractivity contribution >= 4 is 5.96 Å². The zero-order chi connectivity index (χ0) is 20.6. The van der Waals surface area contributed by atoms with Crippen LogP contribution >= 0.6 is 0 Å². The molecule has 8 nitrogen and oxygen atoms in total. The Hall–Kier alpha value is -3.13. The van der Waals surface area contributed by atoms with Crippen molar-refractivity contribution < 1.29 is 4.52 Å². The van der Waals surface area contributed by atoms with Crippen LogP contribution in [0.2, 0.25) is 0 Å². The van der Waals surface area contributed by atoms with Crippen LogP contribution < -0.4 is 5.32 Å². The van der Waals surface area contributed by atoms with Crippen molar-refractivity contribution in [2.75, 3.05) is 32.7 Å². The first-order chi connectivity index (χ1) is 14.8. The molecule has 0 saturated carbocycles. The number of nitrogens with zero attached hydrogens (tertiary/aromatic N) is 6. The third-order valence-corrected chi connectivity index (χ3v) is 5.25. The summed E-state index contributed by atoms with van der Waals surface area (Å²) in [4.78, 5) is 14.1. The van der Waals surface area contributed by atoms with Gasteiger partial charge in [0.2, 0.25) is 0 Å². The molecule has 0 unspecified atom stereocenters. The van der Waals surface area contributed by atoms with Crippen LogP contribution in [0.25, 0.3) is 0 Å². The number of guanidine groups is 1. The van der Waals surface area contributed by atoms with Gasteiger partial charge >= 0.3 is 0 Å². The first kappa shape index (κ1) is 20.2. The molecule has 30 heavy (non-hydrogen) atoms. The summed E-state index contributed by atoms with van der Waals surface area (Å²) in [6, 6.07) is 12.4. The number of benzene rings is 1. The van der Waals surface area contributed by atoms with E-state index in [1.54, 1.807) is 6.26 Å². The normalized spacial score (nSPS) is 15.5. The molecule has 0 radical (unpaired) electrons. The monoisotopic (exact) mass is 407 g/mol. The van der Waals surface area contributed by atoms with Crippen LogP contribution in [0.5, 0.6) is 0 Å². The lowest BCUT2D eigenvalue weighted by Gasteiger charge is -2.36. The summed E-state index contributed by atoms with van der Waals surface area (Å²) < 4.78 is 7.10. The van der Waals surface area contributed by atoms with Crippen LogP contribution in [-0.4, -0.2) is 63.2 Å². The van der Waals surface area contributed by atoms with Gasteiger partial charge in [-0.2, -0.15) is 0 Å². The summed E-state index contributed by atoms with van der Waals surface area (Å²) in [5, 5.41) is 7.45. The zero-order valence-electron chi connectivity index (χ0n) is 17.4. The molecule has 158 valence electrons. The van der Waals surface area contributed by atoms with Crippen LogP contribution in [0.15, 0.2) is 64.6 Å². The van der Waals surface area contributed by atoms with Gasteiger partial charge in [0.1, 0.15) is 18.6 Å². The number of hydrogen-bond acceptors (Lipinski definition) is 5. The lowest BCUT2D eigenvalue weighted by molar-refractivity contribution is 0.169. The van der Waals surface area contributed by atoms with E-state index < -0.39 is 0 Å². The molecule has 0 aliphatic carbocycles. The molecule has 0 bridgehead atoms. The van der Waals surface area contributed by atoms with Crippen molar-refractivity contribution in [2.24, 2.45) is 4.99 Å². The van der Waals surface area contributed by atoms with Gasteiger partial charge in [0.05, 0.1) is 5.69 Å². The summed E-state index contributed by atoms with van der Waals surface area (Å²) in [5.74, 6) is 1.92. The van der Waals surface area contributed by atoms with E-state index in [4.69, 9.17) is 9.52 Å². The quantitative estimate of drug-likeness (QED) is 0.478. The smallest absolute Gasteiger partial charge is 0.194 e. The average Bonchev–Trinajstić information content (AvgIpc) is 3.45. The van der Waals surface area contributed by atoms with E-state index in [1.807, 2.05) is 24.5 Å². The van der Waals surface area contributed by atoms with Crippen molar-refractivity contribution in [3.63, 3.8) is 0 Å². The lowest BCUT2D eigenvalue weighted by Crippen LogP contribution is -2.52. The Balaban J connectivity index is 1.36. The second-order valence-electron chi connectivity index (χ2n) is 7.38. The van der Waals surface area contributed by atoms with E-state index in [-0.39, 0.29) is 0 Å². The number of hydrogen-bond donors (Lipinski definition) is 1.